The summed E-state index contributed by atoms with van der Waals surface area (Å²) in [7, 11) is 0. The molecule has 23 heavy (non-hydrogen) atoms. The van der Waals surface area contributed by atoms with Gasteiger partial charge in [-0.3, -0.25) is 9.59 Å². The Hall–Kier alpha value is -2.24. The number of anilines is 1. The van der Waals surface area contributed by atoms with Gasteiger partial charge in [-0.05, 0) is 43.3 Å². The molecule has 1 atom stereocenters. The van der Waals surface area contributed by atoms with Crippen molar-refractivity contribution in [3.05, 3.63) is 58.1 Å². The fourth-order valence-electron chi connectivity index (χ4n) is 1.77. The quantitative estimate of drug-likeness (QED) is 0.863. The highest BCUT2D eigenvalue weighted by atomic mass is 35.5. The second-order valence-electron chi connectivity index (χ2n) is 4.77. The number of hydrogen-bond acceptors (Lipinski definition) is 3. The molecule has 2 aromatic rings. The Balaban J connectivity index is 1.99. The highest BCUT2D eigenvalue weighted by Crippen LogP contribution is 2.27. The van der Waals surface area contributed by atoms with Crippen molar-refractivity contribution in [1.29, 1.82) is 0 Å². The van der Waals surface area contributed by atoms with Gasteiger partial charge >= 0.3 is 0 Å². The van der Waals surface area contributed by atoms with Crippen LogP contribution in [0.1, 0.15) is 17.3 Å². The highest BCUT2D eigenvalue weighted by molar-refractivity contribution is 6.42. The van der Waals surface area contributed by atoms with Crippen LogP contribution in [0.4, 0.5) is 5.69 Å². The zero-order chi connectivity index (χ0) is 17.0. The Morgan fingerprint density at radius 2 is 1.74 bits per heavy atom. The molecule has 120 valence electrons. The molecule has 1 unspecified atom stereocenters. The van der Waals surface area contributed by atoms with E-state index < -0.39 is 12.0 Å². The highest BCUT2D eigenvalue weighted by Gasteiger charge is 2.15. The van der Waals surface area contributed by atoms with Gasteiger partial charge in [-0.25, -0.2) is 0 Å². The van der Waals surface area contributed by atoms with E-state index >= 15 is 0 Å². The SMILES string of the molecule is CC(Oc1ccc(Cl)c(Cl)c1)C(=O)Nc1ccc(C(N)=O)cc1. The molecule has 0 heterocycles. The third kappa shape index (κ3) is 4.61. The molecule has 0 aliphatic carbocycles. The lowest BCUT2D eigenvalue weighted by molar-refractivity contribution is -0.122. The summed E-state index contributed by atoms with van der Waals surface area (Å²) in [6.07, 6.45) is -0.747. The van der Waals surface area contributed by atoms with E-state index in [1.54, 1.807) is 31.2 Å². The fraction of sp³-hybridized carbons (Fsp3) is 0.125. The molecule has 0 saturated carbocycles. The maximum Gasteiger partial charge on any atom is 0.265 e. The van der Waals surface area contributed by atoms with Crippen LogP contribution in [0.15, 0.2) is 42.5 Å². The lowest BCUT2D eigenvalue weighted by atomic mass is 10.2. The van der Waals surface area contributed by atoms with Crippen molar-refractivity contribution in [2.24, 2.45) is 5.73 Å². The van der Waals surface area contributed by atoms with Gasteiger partial charge in [-0.15, -0.1) is 0 Å². The zero-order valence-electron chi connectivity index (χ0n) is 12.2. The molecule has 2 amide bonds. The number of nitrogens with one attached hydrogen (secondary N) is 1. The number of benzene rings is 2. The Kier molecular flexibility index (Phi) is 5.47. The van der Waals surface area contributed by atoms with E-state index in [1.165, 1.54) is 18.2 Å². The molecule has 0 aliphatic rings. The molecule has 0 spiro atoms. The average molecular weight is 353 g/mol. The van der Waals surface area contributed by atoms with Crippen LogP contribution < -0.4 is 15.8 Å². The number of nitrogens with two attached hydrogens (primary N) is 1. The summed E-state index contributed by atoms with van der Waals surface area (Å²) >= 11 is 11.7. The van der Waals surface area contributed by atoms with Crippen molar-refractivity contribution in [2.75, 3.05) is 5.32 Å². The summed E-state index contributed by atoms with van der Waals surface area (Å²) in [5.74, 6) is -0.437. The van der Waals surface area contributed by atoms with E-state index in [-0.39, 0.29) is 5.91 Å². The van der Waals surface area contributed by atoms with Crippen molar-refractivity contribution in [3.63, 3.8) is 0 Å². The average Bonchev–Trinajstić information content (AvgIpc) is 2.51. The van der Waals surface area contributed by atoms with Crippen LogP contribution in [0.2, 0.25) is 10.0 Å². The number of carbonyl (C=O) groups is 2. The predicted octanol–water partition coefficient (Wildman–Crippen LogP) is 3.50. The maximum atomic E-state index is 12.1. The Labute approximate surface area is 143 Å². The number of ether oxygens (including phenoxy) is 1. The molecule has 0 bridgehead atoms. The van der Waals surface area contributed by atoms with E-state index in [4.69, 9.17) is 33.7 Å². The molecular formula is C16H14Cl2N2O3. The molecule has 5 nitrogen and oxygen atoms in total. The molecule has 0 fully saturated rings. The molecule has 0 aliphatic heterocycles. The van der Waals surface area contributed by atoms with Gasteiger partial charge in [0.2, 0.25) is 5.91 Å². The van der Waals surface area contributed by atoms with Gasteiger partial charge in [0.25, 0.3) is 5.91 Å². The first kappa shape index (κ1) is 17.1. The minimum atomic E-state index is -0.747. The van der Waals surface area contributed by atoms with Gasteiger partial charge in [0.1, 0.15) is 5.75 Å². The number of primary amides is 1. The van der Waals surface area contributed by atoms with Crippen LogP contribution in [0, 0.1) is 0 Å². The van der Waals surface area contributed by atoms with E-state index in [2.05, 4.69) is 5.32 Å². The van der Waals surface area contributed by atoms with E-state index in [0.29, 0.717) is 27.0 Å². The largest absolute Gasteiger partial charge is 0.481 e. The molecule has 7 heteroatoms. The summed E-state index contributed by atoms with van der Waals surface area (Å²) < 4.78 is 5.52. The summed E-state index contributed by atoms with van der Waals surface area (Å²) in [5, 5.41) is 3.43. The first-order chi connectivity index (χ1) is 10.9. The second kappa shape index (κ2) is 7.35. The minimum absolute atomic E-state index is 0.345. The van der Waals surface area contributed by atoms with Gasteiger partial charge in [0.15, 0.2) is 6.10 Å². The lowest BCUT2D eigenvalue weighted by Gasteiger charge is -2.15. The van der Waals surface area contributed by atoms with E-state index in [9.17, 15) is 9.59 Å². The lowest BCUT2D eigenvalue weighted by Crippen LogP contribution is -2.30. The molecule has 2 aromatic carbocycles. The monoisotopic (exact) mass is 352 g/mol. The van der Waals surface area contributed by atoms with Crippen molar-refractivity contribution >= 4 is 40.7 Å². The van der Waals surface area contributed by atoms with Crippen LogP contribution in [-0.4, -0.2) is 17.9 Å². The minimum Gasteiger partial charge on any atom is -0.481 e. The number of amides is 2. The van der Waals surface area contributed by atoms with Gasteiger partial charge in [0, 0.05) is 17.3 Å². The Bertz CT molecular complexity index is 733. The van der Waals surface area contributed by atoms with Crippen LogP contribution in [-0.2, 0) is 4.79 Å². The van der Waals surface area contributed by atoms with Gasteiger partial charge < -0.3 is 15.8 Å². The fourth-order valence-corrected chi connectivity index (χ4v) is 2.06. The van der Waals surface area contributed by atoms with Gasteiger partial charge in [0.05, 0.1) is 10.0 Å². The van der Waals surface area contributed by atoms with Crippen LogP contribution >= 0.6 is 23.2 Å². The number of carbonyl (C=O) groups excluding carboxylic acids is 2. The zero-order valence-corrected chi connectivity index (χ0v) is 13.7. The van der Waals surface area contributed by atoms with Crippen molar-refractivity contribution in [2.45, 2.75) is 13.0 Å². The second-order valence-corrected chi connectivity index (χ2v) is 5.58. The van der Waals surface area contributed by atoms with Crippen LogP contribution in [0.25, 0.3) is 0 Å². The topological polar surface area (TPSA) is 81.4 Å². The van der Waals surface area contributed by atoms with E-state index in [0.717, 1.165) is 0 Å². The molecule has 2 rings (SSSR count). The number of hydrogen-bond donors (Lipinski definition) is 2. The smallest absolute Gasteiger partial charge is 0.265 e. The maximum absolute atomic E-state index is 12.1. The van der Waals surface area contributed by atoms with Crippen LogP contribution in [0.5, 0.6) is 5.75 Å². The van der Waals surface area contributed by atoms with Gasteiger partial charge in [-0.2, -0.15) is 0 Å². The standard InChI is InChI=1S/C16H14Cl2N2O3/c1-9(23-12-6-7-13(17)14(18)8-12)16(22)20-11-4-2-10(3-5-11)15(19)21/h2-9H,1H3,(H2,19,21)(H,20,22). The molecule has 0 saturated heterocycles. The van der Waals surface area contributed by atoms with Crippen molar-refractivity contribution in [1.82, 2.24) is 0 Å². The van der Waals surface area contributed by atoms with Gasteiger partial charge in [-0.1, -0.05) is 23.2 Å². The molecule has 0 aromatic heterocycles. The molecule has 3 N–H and O–H groups in total. The third-order valence-corrected chi connectivity index (χ3v) is 3.75. The summed E-state index contributed by atoms with van der Waals surface area (Å²) in [4.78, 5) is 23.1. The first-order valence-corrected chi connectivity index (χ1v) is 7.45. The van der Waals surface area contributed by atoms with Crippen molar-refractivity contribution < 1.29 is 14.3 Å². The number of halogens is 2. The summed E-state index contributed by atoms with van der Waals surface area (Å²) in [6, 6.07) is 11.0. The third-order valence-electron chi connectivity index (χ3n) is 3.01. The summed E-state index contributed by atoms with van der Waals surface area (Å²) in [5.41, 5.74) is 6.05. The Morgan fingerprint density at radius 3 is 2.30 bits per heavy atom. The van der Waals surface area contributed by atoms with Crippen molar-refractivity contribution in [3.8, 4) is 5.75 Å². The first-order valence-electron chi connectivity index (χ1n) is 6.69. The van der Waals surface area contributed by atoms with Crippen LogP contribution in [0.3, 0.4) is 0 Å². The summed E-state index contributed by atoms with van der Waals surface area (Å²) in [6.45, 7) is 1.61. The number of rotatable bonds is 5. The predicted molar refractivity (Wildman–Crippen MR) is 90.1 cm³/mol. The van der Waals surface area contributed by atoms with E-state index in [1.807, 2.05) is 0 Å². The Morgan fingerprint density at radius 1 is 1.09 bits per heavy atom. The molecule has 0 radical (unpaired) electrons. The normalized spacial score (nSPS) is 11.6. The molecular weight excluding hydrogens is 339 g/mol.